The van der Waals surface area contributed by atoms with Crippen molar-refractivity contribution >= 4 is 21.8 Å². The highest BCUT2D eigenvalue weighted by molar-refractivity contribution is 9.10. The second kappa shape index (κ2) is 5.78. The molecule has 0 aliphatic heterocycles. The molecule has 0 saturated carbocycles. The number of nitrogens with zero attached hydrogens (tertiary/aromatic N) is 2. The molecule has 0 N–H and O–H groups in total. The van der Waals surface area contributed by atoms with E-state index in [-0.39, 0.29) is 24.1 Å². The fraction of sp³-hybridized carbons (Fsp3) is 0.333. The molecule has 3 nitrogen and oxygen atoms in total. The van der Waals surface area contributed by atoms with E-state index in [9.17, 15) is 9.18 Å². The molecule has 0 atom stereocenters. The molecule has 0 fully saturated rings. The van der Waals surface area contributed by atoms with Crippen molar-refractivity contribution in [3.63, 3.8) is 0 Å². The smallest absolute Gasteiger partial charge is 0.255 e. The van der Waals surface area contributed by atoms with Gasteiger partial charge >= 0.3 is 0 Å². The zero-order chi connectivity index (χ0) is 13.0. The molecular formula is C12H12BrFN2O. The standard InChI is InChI=1S/C12H12BrFN2O/c1-8(2)16(4-3-15)12(17)9-5-10(13)7-11(14)6-9/h5-8H,4H2,1-2H3. The Bertz CT molecular complexity index is 448. The summed E-state index contributed by atoms with van der Waals surface area (Å²) in [4.78, 5) is 13.5. The van der Waals surface area contributed by atoms with Gasteiger partial charge in [-0.1, -0.05) is 15.9 Å². The van der Waals surface area contributed by atoms with Gasteiger partial charge in [-0.25, -0.2) is 4.39 Å². The summed E-state index contributed by atoms with van der Waals surface area (Å²) in [6.07, 6.45) is 0. The van der Waals surface area contributed by atoms with Crippen LogP contribution >= 0.6 is 15.9 Å². The van der Waals surface area contributed by atoms with E-state index in [0.717, 1.165) is 0 Å². The first-order valence-electron chi connectivity index (χ1n) is 5.09. The molecule has 17 heavy (non-hydrogen) atoms. The summed E-state index contributed by atoms with van der Waals surface area (Å²) in [6, 6.07) is 5.81. The molecule has 90 valence electrons. The molecule has 1 aromatic carbocycles. The molecule has 0 bridgehead atoms. The van der Waals surface area contributed by atoms with E-state index in [1.807, 2.05) is 19.9 Å². The molecule has 1 aromatic rings. The summed E-state index contributed by atoms with van der Waals surface area (Å²) < 4.78 is 13.7. The number of amides is 1. The molecule has 0 aliphatic carbocycles. The van der Waals surface area contributed by atoms with Crippen LogP contribution < -0.4 is 0 Å². The average Bonchev–Trinajstić information content (AvgIpc) is 2.23. The highest BCUT2D eigenvalue weighted by Crippen LogP contribution is 2.17. The maximum atomic E-state index is 13.2. The van der Waals surface area contributed by atoms with Crippen LogP contribution in [0.5, 0.6) is 0 Å². The number of carbonyl (C=O) groups excluding carboxylic acids is 1. The zero-order valence-corrected chi connectivity index (χ0v) is 11.2. The molecule has 5 heteroatoms. The minimum absolute atomic E-state index is 0.00929. The van der Waals surface area contributed by atoms with Crippen LogP contribution in [0, 0.1) is 17.1 Å². The van der Waals surface area contributed by atoms with E-state index < -0.39 is 5.82 Å². The molecule has 0 radical (unpaired) electrons. The molecule has 0 heterocycles. The SMILES string of the molecule is CC(C)N(CC#N)C(=O)c1cc(F)cc(Br)c1. The summed E-state index contributed by atoms with van der Waals surface area (Å²) in [7, 11) is 0. The van der Waals surface area contributed by atoms with Crippen molar-refractivity contribution in [1.82, 2.24) is 4.90 Å². The van der Waals surface area contributed by atoms with Crippen molar-refractivity contribution in [3.8, 4) is 6.07 Å². The number of hydrogen-bond donors (Lipinski definition) is 0. The van der Waals surface area contributed by atoms with Crippen LogP contribution in [0.2, 0.25) is 0 Å². The minimum atomic E-state index is -0.483. The highest BCUT2D eigenvalue weighted by Gasteiger charge is 2.19. The Morgan fingerprint density at radius 2 is 2.18 bits per heavy atom. The Morgan fingerprint density at radius 1 is 1.53 bits per heavy atom. The van der Waals surface area contributed by atoms with Gasteiger partial charge in [-0.2, -0.15) is 5.26 Å². The Balaban J connectivity index is 3.05. The molecule has 0 saturated heterocycles. The first-order chi connectivity index (χ1) is 7.95. The van der Waals surface area contributed by atoms with Gasteiger partial charge in [-0.05, 0) is 32.0 Å². The Labute approximate surface area is 108 Å². The predicted octanol–water partition coefficient (Wildman–Crippen LogP) is 2.96. The summed E-state index contributed by atoms with van der Waals surface area (Å²) in [5.41, 5.74) is 0.237. The maximum Gasteiger partial charge on any atom is 0.255 e. The van der Waals surface area contributed by atoms with Crippen LogP contribution in [-0.2, 0) is 0 Å². The lowest BCUT2D eigenvalue weighted by Crippen LogP contribution is -2.37. The van der Waals surface area contributed by atoms with E-state index in [2.05, 4.69) is 15.9 Å². The first kappa shape index (κ1) is 13.7. The van der Waals surface area contributed by atoms with E-state index in [1.165, 1.54) is 23.1 Å². The second-order valence-corrected chi connectivity index (χ2v) is 4.76. The quantitative estimate of drug-likeness (QED) is 0.805. The van der Waals surface area contributed by atoms with Crippen LogP contribution in [0.25, 0.3) is 0 Å². The lowest BCUT2D eigenvalue weighted by Gasteiger charge is -2.23. The van der Waals surface area contributed by atoms with Crippen molar-refractivity contribution in [3.05, 3.63) is 34.1 Å². The van der Waals surface area contributed by atoms with Crippen LogP contribution in [0.1, 0.15) is 24.2 Å². The summed E-state index contributed by atoms with van der Waals surface area (Å²) in [6.45, 7) is 3.61. The third-order valence-electron chi connectivity index (χ3n) is 2.23. The third-order valence-corrected chi connectivity index (χ3v) is 2.69. The lowest BCUT2D eigenvalue weighted by molar-refractivity contribution is 0.0731. The number of benzene rings is 1. The predicted molar refractivity (Wildman–Crippen MR) is 65.9 cm³/mol. The summed E-state index contributed by atoms with van der Waals surface area (Å²) in [5.74, 6) is -0.829. The Hall–Kier alpha value is -1.41. The van der Waals surface area contributed by atoms with Gasteiger partial charge in [0.05, 0.1) is 6.07 Å². The van der Waals surface area contributed by atoms with E-state index in [0.29, 0.717) is 4.47 Å². The van der Waals surface area contributed by atoms with Crippen molar-refractivity contribution in [2.24, 2.45) is 0 Å². The maximum absolute atomic E-state index is 13.2. The van der Waals surface area contributed by atoms with Crippen LogP contribution in [0.15, 0.2) is 22.7 Å². The van der Waals surface area contributed by atoms with E-state index in [1.54, 1.807) is 0 Å². The number of halogens is 2. The molecule has 0 spiro atoms. The zero-order valence-electron chi connectivity index (χ0n) is 9.58. The molecule has 0 unspecified atom stereocenters. The second-order valence-electron chi connectivity index (χ2n) is 3.84. The highest BCUT2D eigenvalue weighted by atomic mass is 79.9. The summed E-state index contributed by atoms with van der Waals surface area (Å²) >= 11 is 3.13. The fourth-order valence-corrected chi connectivity index (χ4v) is 1.87. The number of hydrogen-bond acceptors (Lipinski definition) is 2. The van der Waals surface area contributed by atoms with Gasteiger partial charge in [-0.15, -0.1) is 0 Å². The van der Waals surface area contributed by atoms with Crippen LogP contribution in [0.4, 0.5) is 4.39 Å². The van der Waals surface area contributed by atoms with Gasteiger partial charge in [0.15, 0.2) is 0 Å². The van der Waals surface area contributed by atoms with Gasteiger partial charge < -0.3 is 4.90 Å². The van der Waals surface area contributed by atoms with E-state index >= 15 is 0 Å². The summed E-state index contributed by atoms with van der Waals surface area (Å²) in [5, 5.41) is 8.66. The van der Waals surface area contributed by atoms with Gasteiger partial charge in [0.1, 0.15) is 12.4 Å². The third kappa shape index (κ3) is 3.53. The van der Waals surface area contributed by atoms with Crippen LogP contribution in [0.3, 0.4) is 0 Å². The monoisotopic (exact) mass is 298 g/mol. The average molecular weight is 299 g/mol. The number of carbonyl (C=O) groups is 1. The fourth-order valence-electron chi connectivity index (χ4n) is 1.41. The van der Waals surface area contributed by atoms with Gasteiger partial charge in [0, 0.05) is 16.1 Å². The topological polar surface area (TPSA) is 44.1 Å². The Morgan fingerprint density at radius 3 is 2.65 bits per heavy atom. The molecule has 1 amide bonds. The normalized spacial score (nSPS) is 10.1. The molecular weight excluding hydrogens is 287 g/mol. The molecule has 0 aromatic heterocycles. The van der Waals surface area contributed by atoms with Gasteiger partial charge in [0.2, 0.25) is 0 Å². The first-order valence-corrected chi connectivity index (χ1v) is 5.89. The lowest BCUT2D eigenvalue weighted by atomic mass is 10.1. The number of nitriles is 1. The largest absolute Gasteiger partial charge is 0.323 e. The van der Waals surface area contributed by atoms with Crippen molar-refractivity contribution < 1.29 is 9.18 Å². The van der Waals surface area contributed by atoms with Crippen LogP contribution in [-0.4, -0.2) is 23.4 Å². The van der Waals surface area contributed by atoms with Gasteiger partial charge in [0.25, 0.3) is 5.91 Å². The molecule has 0 aliphatic rings. The van der Waals surface area contributed by atoms with Crippen molar-refractivity contribution in [1.29, 1.82) is 5.26 Å². The number of rotatable bonds is 3. The Kier molecular flexibility index (Phi) is 4.64. The van der Waals surface area contributed by atoms with Gasteiger partial charge in [-0.3, -0.25) is 4.79 Å². The molecule has 1 rings (SSSR count). The minimum Gasteiger partial charge on any atom is -0.323 e. The van der Waals surface area contributed by atoms with E-state index in [4.69, 9.17) is 5.26 Å². The van der Waals surface area contributed by atoms with Crippen molar-refractivity contribution in [2.75, 3.05) is 6.54 Å². The van der Waals surface area contributed by atoms with Crippen molar-refractivity contribution in [2.45, 2.75) is 19.9 Å².